The molecule has 0 aromatic heterocycles. The molecule has 6 heteroatoms. The van der Waals surface area contributed by atoms with Crippen molar-refractivity contribution in [1.29, 1.82) is 0 Å². The van der Waals surface area contributed by atoms with Crippen LogP contribution in [0.3, 0.4) is 0 Å². The monoisotopic (exact) mass is 225 g/mol. The number of thioether (sulfide) groups is 1. The maximum absolute atomic E-state index is 13.0. The van der Waals surface area contributed by atoms with Crippen molar-refractivity contribution in [3.63, 3.8) is 0 Å². The van der Waals surface area contributed by atoms with Crippen LogP contribution in [0, 0.1) is 5.82 Å². The van der Waals surface area contributed by atoms with Crippen LogP contribution < -0.4 is 5.73 Å². The molecule has 0 radical (unpaired) electrons. The van der Waals surface area contributed by atoms with Gasteiger partial charge in [0.2, 0.25) is 0 Å². The molecule has 14 heavy (non-hydrogen) atoms. The van der Waals surface area contributed by atoms with Gasteiger partial charge in [-0.2, -0.15) is 13.2 Å². The molecule has 0 aliphatic carbocycles. The Balaban J connectivity index is 2.68. The standard InChI is InChI=1S/C8H7F4NS/c9-6-3-5(13)1-2-7(6)14-4-8(10,11)12/h1-3H,4,13H2. The zero-order chi connectivity index (χ0) is 10.8. The molecule has 0 amide bonds. The van der Waals surface area contributed by atoms with Crippen LogP contribution in [0.1, 0.15) is 0 Å². The maximum atomic E-state index is 13.0. The molecule has 0 spiro atoms. The van der Waals surface area contributed by atoms with Crippen molar-refractivity contribution in [2.45, 2.75) is 11.1 Å². The Morgan fingerprint density at radius 1 is 1.29 bits per heavy atom. The molecule has 78 valence electrons. The number of alkyl halides is 3. The number of anilines is 1. The summed E-state index contributed by atoms with van der Waals surface area (Å²) >= 11 is 0.407. The highest BCUT2D eigenvalue weighted by Gasteiger charge is 2.27. The minimum Gasteiger partial charge on any atom is -0.399 e. The predicted molar refractivity (Wildman–Crippen MR) is 47.6 cm³/mol. The first-order valence-corrected chi connectivity index (χ1v) is 4.61. The first kappa shape index (κ1) is 11.2. The smallest absolute Gasteiger partial charge is 0.398 e. The van der Waals surface area contributed by atoms with Crippen molar-refractivity contribution >= 4 is 17.4 Å². The molecule has 0 bridgehead atoms. The summed E-state index contributed by atoms with van der Waals surface area (Å²) < 4.78 is 48.3. The fourth-order valence-electron chi connectivity index (χ4n) is 0.794. The van der Waals surface area contributed by atoms with Crippen LogP contribution in [-0.2, 0) is 0 Å². The second-order valence-corrected chi connectivity index (χ2v) is 3.61. The van der Waals surface area contributed by atoms with Crippen LogP contribution in [0.2, 0.25) is 0 Å². The summed E-state index contributed by atoms with van der Waals surface area (Å²) in [6.07, 6.45) is -4.29. The number of hydrogen-bond acceptors (Lipinski definition) is 2. The topological polar surface area (TPSA) is 26.0 Å². The van der Waals surface area contributed by atoms with E-state index in [0.29, 0.717) is 11.8 Å². The lowest BCUT2D eigenvalue weighted by atomic mass is 10.3. The van der Waals surface area contributed by atoms with Gasteiger partial charge in [0, 0.05) is 10.6 Å². The van der Waals surface area contributed by atoms with Gasteiger partial charge in [-0.25, -0.2) is 4.39 Å². The number of nitrogens with two attached hydrogens (primary N) is 1. The molecular formula is C8H7F4NS. The van der Waals surface area contributed by atoms with Gasteiger partial charge in [-0.1, -0.05) is 0 Å². The Labute approximate surface area is 82.3 Å². The third kappa shape index (κ3) is 3.45. The molecule has 1 rings (SSSR count). The van der Waals surface area contributed by atoms with Gasteiger partial charge in [0.15, 0.2) is 0 Å². The number of hydrogen-bond donors (Lipinski definition) is 1. The molecule has 0 saturated carbocycles. The Hall–Kier alpha value is -0.910. The molecule has 0 fully saturated rings. The highest BCUT2D eigenvalue weighted by Crippen LogP contribution is 2.29. The predicted octanol–water partition coefficient (Wildman–Crippen LogP) is 3.06. The summed E-state index contributed by atoms with van der Waals surface area (Å²) in [5, 5.41) is 0. The number of rotatable bonds is 2. The van der Waals surface area contributed by atoms with E-state index in [0.717, 1.165) is 6.07 Å². The number of halogens is 4. The van der Waals surface area contributed by atoms with Gasteiger partial charge < -0.3 is 5.73 Å². The van der Waals surface area contributed by atoms with Crippen molar-refractivity contribution < 1.29 is 17.6 Å². The maximum Gasteiger partial charge on any atom is 0.398 e. The summed E-state index contributed by atoms with van der Waals surface area (Å²) in [5.74, 6) is -1.83. The second-order valence-electron chi connectivity index (χ2n) is 2.59. The molecule has 0 heterocycles. The Morgan fingerprint density at radius 3 is 2.43 bits per heavy atom. The Morgan fingerprint density at radius 2 is 1.93 bits per heavy atom. The van der Waals surface area contributed by atoms with Gasteiger partial charge in [-0.15, -0.1) is 11.8 Å². The van der Waals surface area contributed by atoms with E-state index in [1.807, 2.05) is 0 Å². The molecule has 2 N–H and O–H groups in total. The molecule has 0 unspecified atom stereocenters. The lowest BCUT2D eigenvalue weighted by Crippen LogP contribution is -2.10. The third-order valence-electron chi connectivity index (χ3n) is 1.35. The molecule has 0 aliphatic rings. The van der Waals surface area contributed by atoms with Crippen molar-refractivity contribution in [3.8, 4) is 0 Å². The van der Waals surface area contributed by atoms with Gasteiger partial charge in [0.1, 0.15) is 5.82 Å². The average Bonchev–Trinajstić information content (AvgIpc) is 2.00. The third-order valence-corrected chi connectivity index (χ3v) is 2.46. The molecule has 1 aromatic carbocycles. The Bertz CT molecular complexity index is 324. The lowest BCUT2D eigenvalue weighted by molar-refractivity contribution is -0.105. The molecule has 1 nitrogen and oxygen atoms in total. The van der Waals surface area contributed by atoms with E-state index in [9.17, 15) is 17.6 Å². The molecule has 0 saturated heterocycles. The molecule has 0 atom stereocenters. The first-order valence-electron chi connectivity index (χ1n) is 3.63. The van der Waals surface area contributed by atoms with Gasteiger partial charge in [-0.05, 0) is 18.2 Å². The normalized spacial score (nSPS) is 11.7. The summed E-state index contributed by atoms with van der Waals surface area (Å²) in [6.45, 7) is 0. The van der Waals surface area contributed by atoms with E-state index in [-0.39, 0.29) is 10.6 Å². The zero-order valence-electron chi connectivity index (χ0n) is 6.94. The largest absolute Gasteiger partial charge is 0.399 e. The highest BCUT2D eigenvalue weighted by molar-refractivity contribution is 7.99. The SMILES string of the molecule is Nc1ccc(SCC(F)(F)F)c(F)c1. The fraction of sp³-hybridized carbons (Fsp3) is 0.250. The van der Waals surface area contributed by atoms with E-state index >= 15 is 0 Å². The number of benzene rings is 1. The number of nitrogen functional groups attached to an aromatic ring is 1. The van der Waals surface area contributed by atoms with Crippen molar-refractivity contribution in [2.75, 3.05) is 11.5 Å². The van der Waals surface area contributed by atoms with Crippen LogP contribution in [0.4, 0.5) is 23.2 Å². The molecule has 0 aliphatic heterocycles. The van der Waals surface area contributed by atoms with Crippen LogP contribution in [0.5, 0.6) is 0 Å². The van der Waals surface area contributed by atoms with Crippen molar-refractivity contribution in [3.05, 3.63) is 24.0 Å². The first-order chi connectivity index (χ1) is 6.38. The van der Waals surface area contributed by atoms with Crippen molar-refractivity contribution in [1.82, 2.24) is 0 Å². The van der Waals surface area contributed by atoms with Crippen LogP contribution in [-0.4, -0.2) is 11.9 Å². The van der Waals surface area contributed by atoms with E-state index in [2.05, 4.69) is 0 Å². The van der Waals surface area contributed by atoms with Crippen LogP contribution >= 0.6 is 11.8 Å². The molecular weight excluding hydrogens is 218 g/mol. The van der Waals surface area contributed by atoms with Crippen molar-refractivity contribution in [2.24, 2.45) is 0 Å². The van der Waals surface area contributed by atoms with E-state index in [4.69, 9.17) is 5.73 Å². The quantitative estimate of drug-likeness (QED) is 0.475. The van der Waals surface area contributed by atoms with E-state index in [1.165, 1.54) is 12.1 Å². The Kier molecular flexibility index (Phi) is 3.25. The van der Waals surface area contributed by atoms with Gasteiger partial charge >= 0.3 is 6.18 Å². The minimum absolute atomic E-state index is 0.0449. The summed E-state index contributed by atoms with van der Waals surface area (Å²) in [7, 11) is 0. The van der Waals surface area contributed by atoms with E-state index < -0.39 is 17.7 Å². The lowest BCUT2D eigenvalue weighted by Gasteiger charge is -2.06. The van der Waals surface area contributed by atoms with Crippen LogP contribution in [0.15, 0.2) is 23.1 Å². The minimum atomic E-state index is -4.29. The summed E-state index contributed by atoms with van der Waals surface area (Å²) in [6, 6.07) is 3.60. The van der Waals surface area contributed by atoms with E-state index in [1.54, 1.807) is 0 Å². The van der Waals surface area contributed by atoms with Gasteiger partial charge in [-0.3, -0.25) is 0 Å². The van der Waals surface area contributed by atoms with Gasteiger partial charge in [0.25, 0.3) is 0 Å². The van der Waals surface area contributed by atoms with Gasteiger partial charge in [0.05, 0.1) is 5.75 Å². The second kappa shape index (κ2) is 4.08. The summed E-state index contributed by atoms with van der Waals surface area (Å²) in [4.78, 5) is -0.0449. The highest BCUT2D eigenvalue weighted by atomic mass is 32.2. The molecule has 1 aromatic rings. The average molecular weight is 225 g/mol. The summed E-state index contributed by atoms with van der Waals surface area (Å²) in [5.41, 5.74) is 5.43. The zero-order valence-corrected chi connectivity index (χ0v) is 7.75. The fourth-order valence-corrected chi connectivity index (χ4v) is 1.47. The van der Waals surface area contributed by atoms with Crippen LogP contribution in [0.25, 0.3) is 0 Å².